The molecule has 0 fully saturated rings. The first-order valence-corrected chi connectivity index (χ1v) is 6.30. The van der Waals surface area contributed by atoms with E-state index in [4.69, 9.17) is 14.9 Å². The van der Waals surface area contributed by atoms with E-state index < -0.39 is 0 Å². The molecule has 0 aliphatic heterocycles. The van der Waals surface area contributed by atoms with Crippen LogP contribution in [-0.4, -0.2) is 12.7 Å². The zero-order chi connectivity index (χ0) is 13.2. The first-order valence-electron chi connectivity index (χ1n) is 6.30. The van der Waals surface area contributed by atoms with E-state index in [0.717, 1.165) is 29.4 Å². The van der Waals surface area contributed by atoms with Crippen LogP contribution in [0.15, 0.2) is 34.9 Å². The van der Waals surface area contributed by atoms with Crippen molar-refractivity contribution < 1.29 is 9.15 Å². The summed E-state index contributed by atoms with van der Waals surface area (Å²) >= 11 is 0. The molecule has 2 N–H and O–H groups in total. The third-order valence-electron chi connectivity index (χ3n) is 3.52. The fourth-order valence-corrected chi connectivity index (χ4v) is 2.05. The van der Waals surface area contributed by atoms with Crippen molar-refractivity contribution in [2.45, 2.75) is 38.3 Å². The second-order valence-corrected chi connectivity index (χ2v) is 5.30. The Morgan fingerprint density at radius 3 is 2.78 bits per heavy atom. The Kier molecular flexibility index (Phi) is 3.73. The average molecular weight is 247 g/mol. The molecule has 0 aliphatic rings. The highest BCUT2D eigenvalue weighted by Gasteiger charge is 2.20. The molecule has 3 nitrogen and oxygen atoms in total. The summed E-state index contributed by atoms with van der Waals surface area (Å²) in [6, 6.07) is 7.98. The minimum atomic E-state index is -0.128. The van der Waals surface area contributed by atoms with Crippen molar-refractivity contribution in [2.75, 3.05) is 7.11 Å². The molecule has 0 amide bonds. The molecule has 0 radical (unpaired) electrons. The summed E-state index contributed by atoms with van der Waals surface area (Å²) in [7, 11) is 1.73. The number of para-hydroxylation sites is 1. The van der Waals surface area contributed by atoms with Gasteiger partial charge in [-0.25, -0.2) is 0 Å². The maximum atomic E-state index is 6.25. The van der Waals surface area contributed by atoms with E-state index >= 15 is 0 Å². The van der Waals surface area contributed by atoms with Crippen molar-refractivity contribution in [1.29, 1.82) is 0 Å². The number of furan rings is 1. The number of fused-ring (bicyclic) bond motifs is 1. The van der Waals surface area contributed by atoms with Crippen LogP contribution in [-0.2, 0) is 4.74 Å². The van der Waals surface area contributed by atoms with Crippen molar-refractivity contribution in [3.63, 3.8) is 0 Å². The molecule has 0 saturated heterocycles. The Morgan fingerprint density at radius 1 is 1.33 bits per heavy atom. The smallest absolute Gasteiger partial charge is 0.134 e. The Morgan fingerprint density at radius 2 is 2.06 bits per heavy atom. The largest absolute Gasteiger partial charge is 0.464 e. The summed E-state index contributed by atoms with van der Waals surface area (Å²) in [6.45, 7) is 4.15. The summed E-state index contributed by atoms with van der Waals surface area (Å²) in [5, 5.41) is 1.11. The van der Waals surface area contributed by atoms with Crippen LogP contribution >= 0.6 is 0 Å². The Balaban J connectivity index is 2.12. The van der Waals surface area contributed by atoms with Gasteiger partial charge in [-0.1, -0.05) is 18.2 Å². The summed E-state index contributed by atoms with van der Waals surface area (Å²) in [4.78, 5) is 0. The van der Waals surface area contributed by atoms with E-state index in [1.807, 2.05) is 18.2 Å². The number of nitrogens with two attached hydrogens (primary N) is 1. The maximum absolute atomic E-state index is 6.25. The molecule has 98 valence electrons. The topological polar surface area (TPSA) is 48.4 Å². The standard InChI is InChI=1S/C15H21NO2/c1-15(2,17-3)9-8-13(16)12-10-18-14-7-5-4-6-11(12)14/h4-7,10,13H,8-9,16H2,1-3H3. The summed E-state index contributed by atoms with van der Waals surface area (Å²) in [5.74, 6) is 0. The number of benzene rings is 1. The number of rotatable bonds is 5. The van der Waals surface area contributed by atoms with Crippen LogP contribution < -0.4 is 5.73 Å². The number of methoxy groups -OCH3 is 1. The monoisotopic (exact) mass is 247 g/mol. The molecule has 0 aliphatic carbocycles. The van der Waals surface area contributed by atoms with Gasteiger partial charge < -0.3 is 14.9 Å². The molecule has 0 bridgehead atoms. The minimum Gasteiger partial charge on any atom is -0.464 e. The van der Waals surface area contributed by atoms with Crippen LogP contribution in [0, 0.1) is 0 Å². The lowest BCUT2D eigenvalue weighted by Crippen LogP contribution is -2.24. The van der Waals surface area contributed by atoms with Gasteiger partial charge in [-0.15, -0.1) is 0 Å². The lowest BCUT2D eigenvalue weighted by molar-refractivity contribution is 0.0125. The van der Waals surface area contributed by atoms with Gasteiger partial charge in [-0.05, 0) is 32.8 Å². The first-order chi connectivity index (χ1) is 8.53. The van der Waals surface area contributed by atoms with Crippen molar-refractivity contribution >= 4 is 11.0 Å². The Bertz CT molecular complexity index is 516. The SMILES string of the molecule is COC(C)(C)CCC(N)c1coc2ccccc12. The van der Waals surface area contributed by atoms with Crippen LogP contribution in [0.5, 0.6) is 0 Å². The van der Waals surface area contributed by atoms with Crippen LogP contribution in [0.3, 0.4) is 0 Å². The molecule has 1 atom stereocenters. The van der Waals surface area contributed by atoms with E-state index in [-0.39, 0.29) is 11.6 Å². The van der Waals surface area contributed by atoms with E-state index in [1.165, 1.54) is 0 Å². The second kappa shape index (κ2) is 5.12. The summed E-state index contributed by atoms with van der Waals surface area (Å²) < 4.78 is 10.9. The van der Waals surface area contributed by atoms with Gasteiger partial charge in [0.2, 0.25) is 0 Å². The fourth-order valence-electron chi connectivity index (χ4n) is 2.05. The molecular weight excluding hydrogens is 226 g/mol. The van der Waals surface area contributed by atoms with Crippen molar-refractivity contribution in [3.8, 4) is 0 Å². The van der Waals surface area contributed by atoms with Gasteiger partial charge in [0.15, 0.2) is 0 Å². The van der Waals surface area contributed by atoms with E-state index in [2.05, 4.69) is 19.9 Å². The van der Waals surface area contributed by atoms with Crippen LogP contribution in [0.25, 0.3) is 11.0 Å². The van der Waals surface area contributed by atoms with Gasteiger partial charge in [0.1, 0.15) is 5.58 Å². The van der Waals surface area contributed by atoms with Gasteiger partial charge in [0.05, 0.1) is 11.9 Å². The van der Waals surface area contributed by atoms with E-state index in [1.54, 1.807) is 13.4 Å². The highest BCUT2D eigenvalue weighted by atomic mass is 16.5. The minimum absolute atomic E-state index is 0.0110. The molecule has 2 rings (SSSR count). The normalized spacial score (nSPS) is 14.0. The molecule has 1 aromatic carbocycles. The molecule has 1 unspecified atom stereocenters. The zero-order valence-electron chi connectivity index (χ0n) is 11.3. The average Bonchev–Trinajstić information content (AvgIpc) is 2.80. The van der Waals surface area contributed by atoms with Crippen molar-refractivity contribution in [3.05, 3.63) is 36.1 Å². The summed E-state index contributed by atoms with van der Waals surface area (Å²) in [6.07, 6.45) is 3.57. The third kappa shape index (κ3) is 2.74. The predicted molar refractivity (Wildman–Crippen MR) is 73.5 cm³/mol. The summed E-state index contributed by atoms with van der Waals surface area (Å²) in [5.41, 5.74) is 8.10. The molecule has 0 saturated carbocycles. The van der Waals surface area contributed by atoms with Crippen molar-refractivity contribution in [1.82, 2.24) is 0 Å². The van der Waals surface area contributed by atoms with Gasteiger partial charge in [-0.3, -0.25) is 0 Å². The Hall–Kier alpha value is -1.32. The van der Waals surface area contributed by atoms with Gasteiger partial charge in [0, 0.05) is 24.1 Å². The molecular formula is C15H21NO2. The quantitative estimate of drug-likeness (QED) is 0.877. The lowest BCUT2D eigenvalue weighted by atomic mass is 9.95. The highest BCUT2D eigenvalue weighted by molar-refractivity contribution is 5.81. The molecule has 0 spiro atoms. The fraction of sp³-hybridized carbons (Fsp3) is 0.467. The first kappa shape index (κ1) is 13.1. The number of ether oxygens (including phenoxy) is 1. The van der Waals surface area contributed by atoms with Crippen LogP contribution in [0.4, 0.5) is 0 Å². The highest BCUT2D eigenvalue weighted by Crippen LogP contribution is 2.29. The van der Waals surface area contributed by atoms with E-state index in [0.29, 0.717) is 0 Å². The third-order valence-corrected chi connectivity index (χ3v) is 3.52. The van der Waals surface area contributed by atoms with Crippen LogP contribution in [0.2, 0.25) is 0 Å². The number of hydrogen-bond donors (Lipinski definition) is 1. The van der Waals surface area contributed by atoms with Crippen molar-refractivity contribution in [2.24, 2.45) is 5.73 Å². The molecule has 1 aromatic heterocycles. The molecule has 1 heterocycles. The zero-order valence-corrected chi connectivity index (χ0v) is 11.3. The Labute approximate surface area is 108 Å². The lowest BCUT2D eigenvalue weighted by Gasteiger charge is -2.24. The van der Waals surface area contributed by atoms with Crippen LogP contribution in [0.1, 0.15) is 38.3 Å². The molecule has 3 heteroatoms. The van der Waals surface area contributed by atoms with Gasteiger partial charge in [-0.2, -0.15) is 0 Å². The maximum Gasteiger partial charge on any atom is 0.134 e. The van der Waals surface area contributed by atoms with E-state index in [9.17, 15) is 0 Å². The number of hydrogen-bond acceptors (Lipinski definition) is 3. The van der Waals surface area contributed by atoms with Gasteiger partial charge in [0.25, 0.3) is 0 Å². The predicted octanol–water partition coefficient (Wildman–Crippen LogP) is 3.64. The second-order valence-electron chi connectivity index (χ2n) is 5.30. The molecule has 18 heavy (non-hydrogen) atoms. The van der Waals surface area contributed by atoms with Gasteiger partial charge >= 0.3 is 0 Å². The molecule has 2 aromatic rings.